The van der Waals surface area contributed by atoms with E-state index in [1.54, 1.807) is 24.4 Å². The van der Waals surface area contributed by atoms with Crippen molar-refractivity contribution in [2.75, 3.05) is 0 Å². The maximum atomic E-state index is 10.7. The molecule has 0 atom stereocenters. The summed E-state index contributed by atoms with van der Waals surface area (Å²) in [6, 6.07) is 5.10. The van der Waals surface area contributed by atoms with E-state index in [2.05, 4.69) is 37.0 Å². The molecule has 0 bridgehead atoms. The summed E-state index contributed by atoms with van der Waals surface area (Å²) in [5.74, 6) is 1.25. The number of hydrogen-bond acceptors (Lipinski definition) is 4. The van der Waals surface area contributed by atoms with Gasteiger partial charge >= 0.3 is 0 Å². The van der Waals surface area contributed by atoms with Gasteiger partial charge in [-0.2, -0.15) is 0 Å². The molecule has 0 aliphatic carbocycles. The van der Waals surface area contributed by atoms with Crippen LogP contribution in [0.25, 0.3) is 0 Å². The van der Waals surface area contributed by atoms with Crippen LogP contribution in [0.3, 0.4) is 0 Å². The largest absolute Gasteiger partial charge is 0.483 e. The lowest BCUT2D eigenvalue weighted by atomic mass is 10.2. The Balaban J connectivity index is 2.18. The smallest absolute Gasteiger partial charge is 0.174 e. The molecule has 0 spiro atoms. The number of carbonyl (C=O) groups excluding carboxylic acids is 1. The average Bonchev–Trinajstić information content (AvgIpc) is 2.80. The van der Waals surface area contributed by atoms with Gasteiger partial charge in [0.15, 0.2) is 5.76 Å². The molecule has 0 amide bonds. The molecule has 1 aromatic heterocycles. The van der Waals surface area contributed by atoms with Gasteiger partial charge in [-0.25, -0.2) is 0 Å². The molecule has 0 unspecified atom stereocenters. The fourth-order valence-corrected chi connectivity index (χ4v) is 2.70. The first-order chi connectivity index (χ1) is 8.20. The van der Waals surface area contributed by atoms with Gasteiger partial charge in [0, 0.05) is 11.6 Å². The molecule has 2 rings (SSSR count). The number of aldehydes is 1. The van der Waals surface area contributed by atoms with Crippen LogP contribution in [0.1, 0.15) is 16.1 Å². The Morgan fingerprint density at radius 3 is 2.59 bits per heavy atom. The molecular weight excluding hydrogens is 354 g/mol. The third kappa shape index (κ3) is 2.95. The lowest BCUT2D eigenvalue weighted by molar-refractivity contribution is 0.112. The summed E-state index contributed by atoms with van der Waals surface area (Å²) in [6.07, 6.45) is 2.33. The van der Waals surface area contributed by atoms with E-state index in [0.717, 1.165) is 6.29 Å². The van der Waals surface area contributed by atoms with E-state index in [0.29, 0.717) is 26.0 Å². The summed E-state index contributed by atoms with van der Waals surface area (Å²) in [7, 11) is 0. The normalized spacial score (nSPS) is 10.2. The van der Waals surface area contributed by atoms with E-state index in [9.17, 15) is 4.79 Å². The number of carbonyl (C=O) groups is 1. The van der Waals surface area contributed by atoms with Gasteiger partial charge in [0.1, 0.15) is 18.6 Å². The van der Waals surface area contributed by atoms with Crippen LogP contribution in [0.15, 0.2) is 37.9 Å². The van der Waals surface area contributed by atoms with Crippen LogP contribution in [0.4, 0.5) is 0 Å². The predicted octanol–water partition coefficient (Wildman–Crippen LogP) is 3.59. The minimum Gasteiger partial charge on any atom is -0.483 e. The minimum atomic E-state index is 0.275. The van der Waals surface area contributed by atoms with E-state index in [4.69, 9.17) is 9.26 Å². The predicted molar refractivity (Wildman–Crippen MR) is 68.1 cm³/mol. The summed E-state index contributed by atoms with van der Waals surface area (Å²) in [5, 5.41) is 3.58. The molecule has 1 heterocycles. The molecule has 1 aromatic carbocycles. The number of benzene rings is 1. The van der Waals surface area contributed by atoms with Crippen molar-refractivity contribution in [3.05, 3.63) is 44.7 Å². The highest BCUT2D eigenvalue weighted by Crippen LogP contribution is 2.34. The summed E-state index contributed by atoms with van der Waals surface area (Å²) in [5.41, 5.74) is 0.566. The molecule has 17 heavy (non-hydrogen) atoms. The van der Waals surface area contributed by atoms with Crippen molar-refractivity contribution in [2.45, 2.75) is 6.61 Å². The molecule has 6 heteroatoms. The van der Waals surface area contributed by atoms with Crippen LogP contribution in [0, 0.1) is 0 Å². The molecule has 0 aliphatic heterocycles. The number of nitrogens with zero attached hydrogens (tertiary/aromatic N) is 1. The Kier molecular flexibility index (Phi) is 3.96. The third-order valence-electron chi connectivity index (χ3n) is 2.01. The maximum Gasteiger partial charge on any atom is 0.174 e. The first kappa shape index (κ1) is 12.3. The molecule has 2 aromatic rings. The van der Waals surface area contributed by atoms with Crippen LogP contribution >= 0.6 is 31.9 Å². The zero-order chi connectivity index (χ0) is 12.3. The quantitative estimate of drug-likeness (QED) is 0.782. The molecule has 0 fully saturated rings. The van der Waals surface area contributed by atoms with Crippen LogP contribution in [-0.4, -0.2) is 11.4 Å². The Morgan fingerprint density at radius 1 is 1.35 bits per heavy atom. The lowest BCUT2D eigenvalue weighted by Crippen LogP contribution is -1.96. The number of ether oxygens (including phenoxy) is 1. The van der Waals surface area contributed by atoms with Crippen molar-refractivity contribution in [1.82, 2.24) is 5.16 Å². The SMILES string of the molecule is O=Cc1cc(Br)c(OCc2ccno2)c(Br)c1. The van der Waals surface area contributed by atoms with Gasteiger partial charge in [-0.1, -0.05) is 5.16 Å². The van der Waals surface area contributed by atoms with Crippen molar-refractivity contribution in [2.24, 2.45) is 0 Å². The van der Waals surface area contributed by atoms with Crippen molar-refractivity contribution < 1.29 is 14.1 Å². The average molecular weight is 361 g/mol. The topological polar surface area (TPSA) is 52.3 Å². The van der Waals surface area contributed by atoms with Crippen molar-refractivity contribution in [3.8, 4) is 5.75 Å². The maximum absolute atomic E-state index is 10.7. The van der Waals surface area contributed by atoms with Crippen molar-refractivity contribution in [3.63, 3.8) is 0 Å². The summed E-state index contributed by atoms with van der Waals surface area (Å²) in [6.45, 7) is 0.275. The van der Waals surface area contributed by atoms with Gasteiger partial charge < -0.3 is 9.26 Å². The summed E-state index contributed by atoms with van der Waals surface area (Å²) in [4.78, 5) is 10.7. The van der Waals surface area contributed by atoms with E-state index in [1.165, 1.54) is 0 Å². The molecule has 0 aliphatic rings. The van der Waals surface area contributed by atoms with Crippen LogP contribution in [0.2, 0.25) is 0 Å². The van der Waals surface area contributed by atoms with Gasteiger partial charge in [-0.15, -0.1) is 0 Å². The number of rotatable bonds is 4. The molecule has 0 saturated carbocycles. The fourth-order valence-electron chi connectivity index (χ4n) is 1.25. The van der Waals surface area contributed by atoms with Gasteiger partial charge in [0.2, 0.25) is 0 Å². The van der Waals surface area contributed by atoms with Gasteiger partial charge in [-0.3, -0.25) is 4.79 Å². The Labute approximate surface area is 114 Å². The van der Waals surface area contributed by atoms with E-state index in [-0.39, 0.29) is 6.61 Å². The zero-order valence-electron chi connectivity index (χ0n) is 8.52. The van der Waals surface area contributed by atoms with Gasteiger partial charge in [0.25, 0.3) is 0 Å². The number of halogens is 2. The molecule has 0 saturated heterocycles. The van der Waals surface area contributed by atoms with Crippen LogP contribution < -0.4 is 4.74 Å². The second-order valence-corrected chi connectivity index (χ2v) is 4.91. The highest BCUT2D eigenvalue weighted by atomic mass is 79.9. The van der Waals surface area contributed by atoms with Crippen molar-refractivity contribution >= 4 is 38.1 Å². The highest BCUT2D eigenvalue weighted by Gasteiger charge is 2.10. The van der Waals surface area contributed by atoms with Crippen LogP contribution in [0.5, 0.6) is 5.75 Å². The van der Waals surface area contributed by atoms with Gasteiger partial charge in [0.05, 0.1) is 15.1 Å². The van der Waals surface area contributed by atoms with Crippen LogP contribution in [-0.2, 0) is 6.61 Å². The Morgan fingerprint density at radius 2 is 2.06 bits per heavy atom. The molecule has 0 radical (unpaired) electrons. The zero-order valence-corrected chi connectivity index (χ0v) is 11.7. The van der Waals surface area contributed by atoms with E-state index < -0.39 is 0 Å². The van der Waals surface area contributed by atoms with E-state index in [1.807, 2.05) is 0 Å². The molecular formula is C11H7Br2NO3. The van der Waals surface area contributed by atoms with Crippen molar-refractivity contribution in [1.29, 1.82) is 0 Å². The second-order valence-electron chi connectivity index (χ2n) is 3.20. The monoisotopic (exact) mass is 359 g/mol. The summed E-state index contributed by atoms with van der Waals surface area (Å²) < 4.78 is 11.9. The third-order valence-corrected chi connectivity index (χ3v) is 3.18. The first-order valence-electron chi connectivity index (χ1n) is 4.67. The highest BCUT2D eigenvalue weighted by molar-refractivity contribution is 9.11. The van der Waals surface area contributed by atoms with Gasteiger partial charge in [-0.05, 0) is 44.0 Å². The molecule has 0 N–H and O–H groups in total. The molecule has 88 valence electrons. The number of aromatic nitrogens is 1. The Bertz CT molecular complexity index is 503. The fraction of sp³-hybridized carbons (Fsp3) is 0.0909. The Hall–Kier alpha value is -1.14. The summed E-state index contributed by atoms with van der Waals surface area (Å²) >= 11 is 6.69. The molecule has 4 nitrogen and oxygen atoms in total. The lowest BCUT2D eigenvalue weighted by Gasteiger charge is -2.09. The standard InChI is InChI=1S/C11H7Br2NO3/c12-9-3-7(5-15)4-10(13)11(9)16-6-8-1-2-14-17-8/h1-5H,6H2. The first-order valence-corrected chi connectivity index (χ1v) is 6.26. The second kappa shape index (κ2) is 5.46. The van der Waals surface area contributed by atoms with E-state index >= 15 is 0 Å². The minimum absolute atomic E-state index is 0.275. The number of hydrogen-bond donors (Lipinski definition) is 0.